The first-order valence-electron chi connectivity index (χ1n) is 7.52. The molecule has 2 aromatic carbocycles. The van der Waals surface area contributed by atoms with Crippen molar-refractivity contribution in [1.29, 1.82) is 0 Å². The summed E-state index contributed by atoms with van der Waals surface area (Å²) in [7, 11) is 0. The fraction of sp³-hybridized carbons (Fsp3) is 0.222. The smallest absolute Gasteiger partial charge is 0.240 e. The van der Waals surface area contributed by atoms with Gasteiger partial charge in [0.2, 0.25) is 5.91 Å². The normalized spacial score (nSPS) is 12.3. The molecule has 0 aliphatic heterocycles. The molecule has 23 heavy (non-hydrogen) atoms. The fourth-order valence-corrected chi connectivity index (χ4v) is 3.36. The third-order valence-corrected chi connectivity index (χ3v) is 4.62. The molecule has 0 fully saturated rings. The number of hydrogen-bond acceptors (Lipinski definition) is 2. The SMILES string of the molecule is Cc1nc2ccccc2n1CC(=O)N[C@H](C)c1ccccc1Br. The molecule has 3 rings (SSSR count). The van der Waals surface area contributed by atoms with Crippen LogP contribution in [0.25, 0.3) is 11.0 Å². The molecule has 0 unspecified atom stereocenters. The van der Waals surface area contributed by atoms with Crippen LogP contribution in [0.2, 0.25) is 0 Å². The van der Waals surface area contributed by atoms with E-state index in [9.17, 15) is 4.79 Å². The van der Waals surface area contributed by atoms with E-state index in [0.29, 0.717) is 0 Å². The summed E-state index contributed by atoms with van der Waals surface area (Å²) in [5, 5.41) is 3.05. The summed E-state index contributed by atoms with van der Waals surface area (Å²) in [6.07, 6.45) is 0. The van der Waals surface area contributed by atoms with Crippen molar-refractivity contribution in [3.63, 3.8) is 0 Å². The largest absolute Gasteiger partial charge is 0.348 e. The Balaban J connectivity index is 1.76. The van der Waals surface area contributed by atoms with Gasteiger partial charge in [-0.1, -0.05) is 46.3 Å². The highest BCUT2D eigenvalue weighted by Crippen LogP contribution is 2.23. The lowest BCUT2D eigenvalue weighted by atomic mass is 10.1. The van der Waals surface area contributed by atoms with E-state index < -0.39 is 0 Å². The summed E-state index contributed by atoms with van der Waals surface area (Å²) in [6.45, 7) is 4.17. The summed E-state index contributed by atoms with van der Waals surface area (Å²) < 4.78 is 2.94. The number of benzene rings is 2. The average Bonchev–Trinajstić information content (AvgIpc) is 2.83. The lowest BCUT2D eigenvalue weighted by molar-refractivity contribution is -0.122. The summed E-state index contributed by atoms with van der Waals surface area (Å²) in [6, 6.07) is 15.7. The fourth-order valence-electron chi connectivity index (χ4n) is 2.73. The molecular formula is C18H18BrN3O. The van der Waals surface area contributed by atoms with Gasteiger partial charge in [-0.15, -0.1) is 0 Å². The number of fused-ring (bicyclic) bond motifs is 1. The minimum Gasteiger partial charge on any atom is -0.348 e. The van der Waals surface area contributed by atoms with Gasteiger partial charge in [-0.2, -0.15) is 0 Å². The molecule has 1 amide bonds. The molecular weight excluding hydrogens is 354 g/mol. The maximum absolute atomic E-state index is 12.4. The van der Waals surface area contributed by atoms with Crippen LogP contribution in [-0.2, 0) is 11.3 Å². The van der Waals surface area contributed by atoms with Crippen molar-refractivity contribution in [3.8, 4) is 0 Å². The van der Waals surface area contributed by atoms with Crippen LogP contribution in [0.1, 0.15) is 24.4 Å². The third kappa shape index (κ3) is 3.29. The van der Waals surface area contributed by atoms with Gasteiger partial charge < -0.3 is 9.88 Å². The number of aryl methyl sites for hydroxylation is 1. The summed E-state index contributed by atoms with van der Waals surface area (Å²) >= 11 is 3.53. The monoisotopic (exact) mass is 371 g/mol. The van der Waals surface area contributed by atoms with Gasteiger partial charge in [0, 0.05) is 4.47 Å². The van der Waals surface area contributed by atoms with E-state index in [0.717, 1.165) is 26.9 Å². The number of imidazole rings is 1. The molecule has 1 aromatic heterocycles. The molecule has 118 valence electrons. The number of nitrogens with one attached hydrogen (secondary N) is 1. The lowest BCUT2D eigenvalue weighted by Crippen LogP contribution is -2.30. The van der Waals surface area contributed by atoms with Crippen LogP contribution in [-0.4, -0.2) is 15.5 Å². The molecule has 4 nitrogen and oxygen atoms in total. The number of rotatable bonds is 4. The Morgan fingerprint density at radius 3 is 2.70 bits per heavy atom. The Morgan fingerprint density at radius 1 is 1.22 bits per heavy atom. The first kappa shape index (κ1) is 15.7. The Hall–Kier alpha value is -2.14. The number of halogens is 1. The van der Waals surface area contributed by atoms with E-state index in [1.165, 1.54) is 0 Å². The second-order valence-corrected chi connectivity index (χ2v) is 6.40. The molecule has 0 spiro atoms. The molecule has 0 saturated carbocycles. The van der Waals surface area contributed by atoms with Gasteiger partial charge in [0.1, 0.15) is 12.4 Å². The van der Waals surface area contributed by atoms with Crippen molar-refractivity contribution < 1.29 is 4.79 Å². The second-order valence-electron chi connectivity index (χ2n) is 5.54. The van der Waals surface area contributed by atoms with Gasteiger partial charge in [0.05, 0.1) is 17.1 Å². The third-order valence-electron chi connectivity index (χ3n) is 3.90. The summed E-state index contributed by atoms with van der Waals surface area (Å²) in [5.74, 6) is 0.814. The predicted molar refractivity (Wildman–Crippen MR) is 95.2 cm³/mol. The van der Waals surface area contributed by atoms with Crippen LogP contribution in [0.5, 0.6) is 0 Å². The van der Waals surface area contributed by atoms with E-state index in [1.807, 2.05) is 66.9 Å². The van der Waals surface area contributed by atoms with Crippen molar-refractivity contribution in [2.24, 2.45) is 0 Å². The zero-order valence-corrected chi connectivity index (χ0v) is 14.7. The van der Waals surface area contributed by atoms with Crippen molar-refractivity contribution >= 4 is 32.9 Å². The molecule has 5 heteroatoms. The van der Waals surface area contributed by atoms with E-state index in [4.69, 9.17) is 0 Å². The first-order valence-corrected chi connectivity index (χ1v) is 8.31. The Kier molecular flexibility index (Phi) is 4.48. The highest BCUT2D eigenvalue weighted by molar-refractivity contribution is 9.10. The van der Waals surface area contributed by atoms with Crippen molar-refractivity contribution in [2.75, 3.05) is 0 Å². The van der Waals surface area contributed by atoms with E-state index in [-0.39, 0.29) is 18.5 Å². The molecule has 1 atom stereocenters. The predicted octanol–water partition coefficient (Wildman–Crippen LogP) is 3.98. The number of carbonyl (C=O) groups excluding carboxylic acids is 1. The quantitative estimate of drug-likeness (QED) is 0.753. The number of amides is 1. The molecule has 1 N–H and O–H groups in total. The summed E-state index contributed by atoms with van der Waals surface area (Å²) in [5.41, 5.74) is 2.96. The summed E-state index contributed by atoms with van der Waals surface area (Å²) in [4.78, 5) is 16.9. The molecule has 1 heterocycles. The number of nitrogens with zero attached hydrogens (tertiary/aromatic N) is 2. The highest BCUT2D eigenvalue weighted by Gasteiger charge is 2.14. The van der Waals surface area contributed by atoms with Crippen molar-refractivity contribution in [2.45, 2.75) is 26.4 Å². The zero-order chi connectivity index (χ0) is 16.4. The Bertz CT molecular complexity index is 856. The van der Waals surface area contributed by atoms with Crippen molar-refractivity contribution in [1.82, 2.24) is 14.9 Å². The van der Waals surface area contributed by atoms with E-state index in [2.05, 4.69) is 26.2 Å². The number of hydrogen-bond donors (Lipinski definition) is 1. The van der Waals surface area contributed by atoms with Crippen LogP contribution >= 0.6 is 15.9 Å². The number of aromatic nitrogens is 2. The topological polar surface area (TPSA) is 46.9 Å². The molecule has 3 aromatic rings. The van der Waals surface area contributed by atoms with Crippen LogP contribution < -0.4 is 5.32 Å². The minimum atomic E-state index is -0.0619. The Labute approximate surface area is 143 Å². The van der Waals surface area contributed by atoms with E-state index in [1.54, 1.807) is 0 Å². The zero-order valence-electron chi connectivity index (χ0n) is 13.1. The number of para-hydroxylation sites is 2. The molecule has 0 aliphatic carbocycles. The van der Waals surface area contributed by atoms with E-state index >= 15 is 0 Å². The van der Waals surface area contributed by atoms with Gasteiger partial charge in [-0.05, 0) is 37.6 Å². The minimum absolute atomic E-state index is 0.0282. The van der Waals surface area contributed by atoms with Crippen LogP contribution in [0, 0.1) is 6.92 Å². The lowest BCUT2D eigenvalue weighted by Gasteiger charge is -2.16. The van der Waals surface area contributed by atoms with Crippen LogP contribution in [0.3, 0.4) is 0 Å². The first-order chi connectivity index (χ1) is 11.1. The van der Waals surface area contributed by atoms with Crippen LogP contribution in [0.15, 0.2) is 53.0 Å². The van der Waals surface area contributed by atoms with Crippen molar-refractivity contribution in [3.05, 3.63) is 64.4 Å². The maximum atomic E-state index is 12.4. The molecule has 0 radical (unpaired) electrons. The number of carbonyl (C=O) groups is 1. The van der Waals surface area contributed by atoms with Crippen LogP contribution in [0.4, 0.5) is 0 Å². The molecule has 0 aliphatic rings. The van der Waals surface area contributed by atoms with Gasteiger partial charge in [-0.3, -0.25) is 4.79 Å². The highest BCUT2D eigenvalue weighted by atomic mass is 79.9. The average molecular weight is 372 g/mol. The van der Waals surface area contributed by atoms with Gasteiger partial charge in [-0.25, -0.2) is 4.98 Å². The molecule has 0 bridgehead atoms. The second kappa shape index (κ2) is 6.54. The van der Waals surface area contributed by atoms with Gasteiger partial charge in [0.15, 0.2) is 0 Å². The standard InChI is InChI=1S/C18H18BrN3O/c1-12(14-7-3-4-8-15(14)19)20-18(23)11-22-13(2)21-16-9-5-6-10-17(16)22/h3-10,12H,11H2,1-2H3,(H,20,23)/t12-/m1/s1. The van der Waals surface area contributed by atoms with Gasteiger partial charge in [0.25, 0.3) is 0 Å². The van der Waals surface area contributed by atoms with Gasteiger partial charge >= 0.3 is 0 Å². The Morgan fingerprint density at radius 2 is 1.91 bits per heavy atom. The maximum Gasteiger partial charge on any atom is 0.240 e. The molecule has 0 saturated heterocycles.